The molecule has 0 aliphatic rings. The highest BCUT2D eigenvalue weighted by Gasteiger charge is 2.25. The Labute approximate surface area is 175 Å². The average molecular weight is 521 g/mol. The van der Waals surface area contributed by atoms with Crippen LogP contribution in [0.15, 0.2) is 29.8 Å². The first-order valence-corrected chi connectivity index (χ1v) is 9.77. The van der Waals surface area contributed by atoms with Crippen LogP contribution in [0.5, 0.6) is 0 Å². The van der Waals surface area contributed by atoms with Crippen molar-refractivity contribution in [2.75, 3.05) is 11.9 Å². The topological polar surface area (TPSA) is 104 Å². The van der Waals surface area contributed by atoms with E-state index in [4.69, 9.17) is 9.94 Å². The lowest BCUT2D eigenvalue weighted by molar-refractivity contribution is -0.235. The van der Waals surface area contributed by atoms with E-state index < -0.39 is 29.9 Å². The second kappa shape index (κ2) is 8.21. The van der Waals surface area contributed by atoms with Crippen LogP contribution in [0.2, 0.25) is 0 Å². The third kappa shape index (κ3) is 4.38. The van der Waals surface area contributed by atoms with Gasteiger partial charge in [-0.05, 0) is 53.8 Å². The fraction of sp³-hybridized carbons (Fsp3) is 0.176. The predicted octanol–water partition coefficient (Wildman–Crippen LogP) is 3.28. The number of benzene rings is 2. The van der Waals surface area contributed by atoms with E-state index in [0.29, 0.717) is 8.27 Å². The lowest BCUT2D eigenvalue weighted by Crippen LogP contribution is -2.41. The molecule has 0 spiro atoms. The van der Waals surface area contributed by atoms with Crippen LogP contribution in [0.3, 0.4) is 0 Å². The zero-order chi connectivity index (χ0) is 20.5. The molecule has 28 heavy (non-hydrogen) atoms. The Morgan fingerprint density at radius 1 is 1.39 bits per heavy atom. The maximum Gasteiger partial charge on any atom is 0.277 e. The van der Waals surface area contributed by atoms with E-state index in [1.165, 1.54) is 23.7 Å². The van der Waals surface area contributed by atoms with Gasteiger partial charge in [0.05, 0.1) is 33.8 Å². The fourth-order valence-corrected chi connectivity index (χ4v) is 3.40. The highest BCUT2D eigenvalue weighted by atomic mass is 127. The van der Waals surface area contributed by atoms with Gasteiger partial charge in [-0.25, -0.2) is 24.1 Å². The molecule has 0 aliphatic carbocycles. The number of hydrogen-bond donors (Lipinski definition) is 4. The number of aromatic nitrogens is 1. The van der Waals surface area contributed by atoms with Gasteiger partial charge in [0.1, 0.15) is 11.3 Å². The lowest BCUT2D eigenvalue weighted by Gasteiger charge is -2.21. The lowest BCUT2D eigenvalue weighted by atomic mass is 10.1. The van der Waals surface area contributed by atoms with Gasteiger partial charge in [-0.15, -0.1) is 11.3 Å². The molecule has 148 valence electrons. The van der Waals surface area contributed by atoms with Gasteiger partial charge in [-0.2, -0.15) is 0 Å². The van der Waals surface area contributed by atoms with Gasteiger partial charge in [0.25, 0.3) is 5.91 Å². The first kappa shape index (κ1) is 20.8. The molecule has 0 saturated carbocycles. The molecular formula is C17H14F2IN3O4S. The molecular weight excluding hydrogens is 507 g/mol. The van der Waals surface area contributed by atoms with Crippen molar-refractivity contribution in [3.63, 3.8) is 0 Å². The number of anilines is 2. The first-order valence-electron chi connectivity index (χ1n) is 7.81. The molecule has 0 radical (unpaired) electrons. The largest absolute Gasteiger partial charge is 0.391 e. The molecule has 1 aromatic heterocycles. The number of halogens is 3. The number of hydroxylamine groups is 1. The number of aliphatic hydroxyl groups excluding tert-OH is 1. The number of hydrogen-bond acceptors (Lipinski definition) is 7. The molecule has 0 bridgehead atoms. The standard InChI is InChI=1S/C17H14F2IN3O4S/c1-17(26,6-24)27-23-16(25)9-5-12-15(21-7-28-12)13(19)14(9)22-11-3-2-8(20)4-10(11)18/h2-5,7,22,24,26H,6H2,1H3,(H,23,25). The minimum Gasteiger partial charge on any atom is -0.391 e. The van der Waals surface area contributed by atoms with Crippen molar-refractivity contribution < 1.29 is 28.6 Å². The van der Waals surface area contributed by atoms with E-state index in [1.54, 1.807) is 6.07 Å². The third-order valence-electron chi connectivity index (χ3n) is 3.66. The molecule has 11 heteroatoms. The summed E-state index contributed by atoms with van der Waals surface area (Å²) in [5.74, 6) is -4.40. The van der Waals surface area contributed by atoms with Crippen LogP contribution in [0.4, 0.5) is 20.2 Å². The van der Waals surface area contributed by atoms with Crippen molar-refractivity contribution in [3.8, 4) is 0 Å². The van der Waals surface area contributed by atoms with Crippen LogP contribution in [0.1, 0.15) is 17.3 Å². The van der Waals surface area contributed by atoms with Crippen molar-refractivity contribution in [3.05, 3.63) is 50.5 Å². The molecule has 4 N–H and O–H groups in total. The molecule has 3 aromatic rings. The molecule has 0 saturated heterocycles. The summed E-state index contributed by atoms with van der Waals surface area (Å²) in [4.78, 5) is 21.2. The van der Waals surface area contributed by atoms with Crippen molar-refractivity contribution in [1.82, 2.24) is 10.5 Å². The Bertz CT molecular complexity index is 1040. The highest BCUT2D eigenvalue weighted by molar-refractivity contribution is 14.1. The zero-order valence-corrected chi connectivity index (χ0v) is 17.3. The SMILES string of the molecule is CC(O)(CO)ONC(=O)c1cc2scnc2c(F)c1Nc1ccc(I)cc1F. The number of nitrogens with zero attached hydrogens (tertiary/aromatic N) is 1. The molecule has 1 amide bonds. The van der Waals surface area contributed by atoms with Gasteiger partial charge in [-0.3, -0.25) is 4.79 Å². The second-order valence-corrected chi connectivity index (χ2v) is 8.06. The van der Waals surface area contributed by atoms with E-state index in [1.807, 2.05) is 28.1 Å². The smallest absolute Gasteiger partial charge is 0.277 e. The van der Waals surface area contributed by atoms with Crippen LogP contribution in [0, 0.1) is 15.2 Å². The van der Waals surface area contributed by atoms with Crippen LogP contribution in [-0.4, -0.2) is 33.5 Å². The molecule has 1 atom stereocenters. The minimum absolute atomic E-state index is 0.0262. The van der Waals surface area contributed by atoms with Crippen molar-refractivity contribution >= 4 is 61.4 Å². The number of carbonyl (C=O) groups is 1. The summed E-state index contributed by atoms with van der Waals surface area (Å²) >= 11 is 3.05. The van der Waals surface area contributed by atoms with Gasteiger partial charge in [0.2, 0.25) is 5.79 Å². The monoisotopic (exact) mass is 521 g/mol. The quantitative estimate of drug-likeness (QED) is 0.226. The van der Waals surface area contributed by atoms with E-state index >= 15 is 4.39 Å². The normalized spacial score (nSPS) is 13.4. The number of fused-ring (bicyclic) bond motifs is 1. The molecule has 0 fully saturated rings. The third-order valence-corrected chi connectivity index (χ3v) is 5.11. The van der Waals surface area contributed by atoms with Crippen molar-refractivity contribution in [2.45, 2.75) is 12.7 Å². The number of aliphatic hydroxyl groups is 2. The molecule has 3 rings (SSSR count). The maximum absolute atomic E-state index is 15.0. The summed E-state index contributed by atoms with van der Waals surface area (Å²) in [6.45, 7) is 0.342. The molecule has 7 nitrogen and oxygen atoms in total. The average Bonchev–Trinajstić information content (AvgIpc) is 3.12. The summed E-state index contributed by atoms with van der Waals surface area (Å²) in [5, 5.41) is 21.2. The van der Waals surface area contributed by atoms with Crippen molar-refractivity contribution in [2.24, 2.45) is 0 Å². The summed E-state index contributed by atoms with van der Waals surface area (Å²) in [7, 11) is 0. The summed E-state index contributed by atoms with van der Waals surface area (Å²) in [6.07, 6.45) is 0. The van der Waals surface area contributed by atoms with Crippen molar-refractivity contribution in [1.29, 1.82) is 0 Å². The Balaban J connectivity index is 2.03. The van der Waals surface area contributed by atoms with Gasteiger partial charge >= 0.3 is 0 Å². The van der Waals surface area contributed by atoms with Gasteiger partial charge in [0.15, 0.2) is 5.82 Å². The summed E-state index contributed by atoms with van der Waals surface area (Å²) < 4.78 is 30.3. The van der Waals surface area contributed by atoms with Gasteiger partial charge in [-0.1, -0.05) is 0 Å². The van der Waals surface area contributed by atoms with Crippen LogP contribution < -0.4 is 10.8 Å². The number of amides is 1. The van der Waals surface area contributed by atoms with E-state index in [0.717, 1.165) is 18.3 Å². The summed E-state index contributed by atoms with van der Waals surface area (Å²) in [5.41, 5.74) is 2.87. The Morgan fingerprint density at radius 3 is 2.82 bits per heavy atom. The fourth-order valence-electron chi connectivity index (χ4n) is 2.23. The first-order chi connectivity index (χ1) is 13.2. The molecule has 1 heterocycles. The molecule has 1 unspecified atom stereocenters. The van der Waals surface area contributed by atoms with E-state index in [2.05, 4.69) is 10.3 Å². The highest BCUT2D eigenvalue weighted by Crippen LogP contribution is 2.33. The van der Waals surface area contributed by atoms with Crippen LogP contribution >= 0.6 is 33.9 Å². The number of nitrogens with one attached hydrogen (secondary N) is 2. The minimum atomic E-state index is -2.03. The van der Waals surface area contributed by atoms with E-state index in [-0.39, 0.29) is 22.5 Å². The van der Waals surface area contributed by atoms with Crippen LogP contribution in [0.25, 0.3) is 10.2 Å². The Hall–Kier alpha value is -1.93. The number of carbonyl (C=O) groups excluding carboxylic acids is 1. The number of rotatable bonds is 6. The molecule has 2 aromatic carbocycles. The summed E-state index contributed by atoms with van der Waals surface area (Å²) in [6, 6.07) is 5.65. The van der Waals surface area contributed by atoms with Gasteiger partial charge < -0.3 is 15.5 Å². The zero-order valence-electron chi connectivity index (χ0n) is 14.3. The van der Waals surface area contributed by atoms with Crippen LogP contribution in [-0.2, 0) is 4.84 Å². The Morgan fingerprint density at radius 2 is 2.14 bits per heavy atom. The predicted molar refractivity (Wildman–Crippen MR) is 108 cm³/mol. The maximum atomic E-state index is 15.0. The Kier molecular flexibility index (Phi) is 6.09. The van der Waals surface area contributed by atoms with Gasteiger partial charge in [0, 0.05) is 3.57 Å². The molecule has 0 aliphatic heterocycles. The number of thiazole rings is 1. The second-order valence-electron chi connectivity index (χ2n) is 5.93. The van der Waals surface area contributed by atoms with E-state index in [9.17, 15) is 14.3 Å².